The van der Waals surface area contributed by atoms with Crippen molar-refractivity contribution >= 4 is 33.3 Å². The van der Waals surface area contributed by atoms with Crippen LogP contribution < -0.4 is 0 Å². The van der Waals surface area contributed by atoms with Crippen molar-refractivity contribution in [1.29, 1.82) is 0 Å². The minimum atomic E-state index is -0.619. The van der Waals surface area contributed by atoms with Gasteiger partial charge in [-0.1, -0.05) is 11.6 Å². The molecule has 0 saturated heterocycles. The average Bonchev–Trinajstić information content (AvgIpc) is 1.96. The minimum absolute atomic E-state index is 0.0562. The molecule has 4 nitrogen and oxygen atoms in total. The van der Waals surface area contributed by atoms with Crippen molar-refractivity contribution in [3.05, 3.63) is 31.4 Å². The number of nitrogens with zero attached hydrogens (tertiary/aromatic N) is 2. The molecule has 1 aromatic rings. The summed E-state index contributed by atoms with van der Waals surface area (Å²) in [7, 11) is 0. The van der Waals surface area contributed by atoms with Gasteiger partial charge >= 0.3 is 5.82 Å². The first-order chi connectivity index (χ1) is 5.52. The standard InChI is InChI=1S/C6H4BrClN2O2/c1-3-2-4(8)6(10(11)12)9-5(3)7/h2H,1H3. The fraction of sp³-hybridized carbons (Fsp3) is 0.167. The molecule has 0 aliphatic heterocycles. The van der Waals surface area contributed by atoms with Gasteiger partial charge in [0.1, 0.15) is 5.02 Å². The molecule has 0 atom stereocenters. The van der Waals surface area contributed by atoms with Crippen molar-refractivity contribution in [2.45, 2.75) is 6.92 Å². The Bertz CT molecular complexity index is 343. The maximum atomic E-state index is 10.3. The lowest BCUT2D eigenvalue weighted by atomic mass is 10.3. The second-order valence-electron chi connectivity index (χ2n) is 2.16. The summed E-state index contributed by atoms with van der Waals surface area (Å²) in [6.07, 6.45) is 0. The van der Waals surface area contributed by atoms with Gasteiger partial charge in [0, 0.05) is 21.5 Å². The van der Waals surface area contributed by atoms with Gasteiger partial charge in [0.25, 0.3) is 0 Å². The molecule has 0 saturated carbocycles. The summed E-state index contributed by atoms with van der Waals surface area (Å²) in [5.74, 6) is -0.325. The van der Waals surface area contributed by atoms with E-state index in [-0.39, 0.29) is 10.8 Å². The molecule has 1 heterocycles. The van der Waals surface area contributed by atoms with Gasteiger partial charge in [-0.2, -0.15) is 0 Å². The third-order valence-corrected chi connectivity index (χ3v) is 2.34. The van der Waals surface area contributed by atoms with E-state index in [9.17, 15) is 10.1 Å². The highest BCUT2D eigenvalue weighted by Gasteiger charge is 2.16. The average molecular weight is 251 g/mol. The SMILES string of the molecule is Cc1cc(Cl)c([N+](=O)[O-])nc1Br. The molecule has 0 unspecified atom stereocenters. The van der Waals surface area contributed by atoms with Crippen LogP contribution in [0.1, 0.15) is 5.56 Å². The zero-order valence-electron chi connectivity index (χ0n) is 6.04. The van der Waals surface area contributed by atoms with Gasteiger partial charge in [-0.15, -0.1) is 0 Å². The smallest absolute Gasteiger partial charge is 0.358 e. The summed E-state index contributed by atoms with van der Waals surface area (Å²) in [6.45, 7) is 1.76. The molecule has 64 valence electrons. The number of halogens is 2. The highest BCUT2D eigenvalue weighted by Crippen LogP contribution is 2.26. The highest BCUT2D eigenvalue weighted by atomic mass is 79.9. The zero-order chi connectivity index (χ0) is 9.30. The third-order valence-electron chi connectivity index (χ3n) is 1.26. The molecule has 0 radical (unpaired) electrons. The van der Waals surface area contributed by atoms with Gasteiger partial charge in [0.2, 0.25) is 4.60 Å². The van der Waals surface area contributed by atoms with Crippen LogP contribution in [0.2, 0.25) is 5.02 Å². The maximum Gasteiger partial charge on any atom is 0.383 e. The molecule has 0 amide bonds. The third kappa shape index (κ3) is 1.73. The van der Waals surface area contributed by atoms with E-state index in [4.69, 9.17) is 11.6 Å². The van der Waals surface area contributed by atoms with Crippen molar-refractivity contribution in [1.82, 2.24) is 4.98 Å². The van der Waals surface area contributed by atoms with E-state index < -0.39 is 4.92 Å². The van der Waals surface area contributed by atoms with Crippen LogP contribution in [0.5, 0.6) is 0 Å². The Kier molecular flexibility index (Phi) is 2.64. The number of aromatic nitrogens is 1. The first kappa shape index (κ1) is 9.41. The fourth-order valence-electron chi connectivity index (χ4n) is 0.677. The largest absolute Gasteiger partial charge is 0.383 e. The molecule has 1 aromatic heterocycles. The van der Waals surface area contributed by atoms with E-state index in [0.29, 0.717) is 4.60 Å². The van der Waals surface area contributed by atoms with Gasteiger partial charge in [0.15, 0.2) is 0 Å². The molecular formula is C6H4BrClN2O2. The van der Waals surface area contributed by atoms with Crippen molar-refractivity contribution < 1.29 is 4.92 Å². The van der Waals surface area contributed by atoms with Crippen LogP contribution in [0.3, 0.4) is 0 Å². The maximum absolute atomic E-state index is 10.3. The molecule has 0 N–H and O–H groups in total. The fourth-order valence-corrected chi connectivity index (χ4v) is 1.23. The first-order valence-electron chi connectivity index (χ1n) is 2.99. The highest BCUT2D eigenvalue weighted by molar-refractivity contribution is 9.10. The van der Waals surface area contributed by atoms with E-state index in [1.807, 2.05) is 0 Å². The number of nitro groups is 1. The minimum Gasteiger partial charge on any atom is -0.358 e. The van der Waals surface area contributed by atoms with Crippen LogP contribution in [-0.2, 0) is 0 Å². The van der Waals surface area contributed by atoms with E-state index in [2.05, 4.69) is 20.9 Å². The molecule has 0 spiro atoms. The van der Waals surface area contributed by atoms with Crippen LogP contribution in [0.15, 0.2) is 10.7 Å². The Labute approximate surface area is 81.8 Å². The summed E-state index contributed by atoms with van der Waals surface area (Å²) in [5.41, 5.74) is 0.769. The lowest BCUT2D eigenvalue weighted by Crippen LogP contribution is -1.94. The zero-order valence-corrected chi connectivity index (χ0v) is 8.39. The molecular weight excluding hydrogens is 247 g/mol. The molecule has 0 bridgehead atoms. The number of rotatable bonds is 1. The van der Waals surface area contributed by atoms with Crippen molar-refractivity contribution in [3.63, 3.8) is 0 Å². The van der Waals surface area contributed by atoms with Crippen LogP contribution in [0.4, 0.5) is 5.82 Å². The Morgan fingerprint density at radius 2 is 2.33 bits per heavy atom. The molecule has 1 rings (SSSR count). The van der Waals surface area contributed by atoms with Gasteiger partial charge in [-0.05, 0) is 22.9 Å². The van der Waals surface area contributed by atoms with E-state index >= 15 is 0 Å². The van der Waals surface area contributed by atoms with E-state index in [0.717, 1.165) is 5.56 Å². The predicted molar refractivity (Wildman–Crippen MR) is 48.3 cm³/mol. The van der Waals surface area contributed by atoms with Crippen LogP contribution in [-0.4, -0.2) is 9.91 Å². The first-order valence-corrected chi connectivity index (χ1v) is 4.16. The molecule has 0 aliphatic carbocycles. The van der Waals surface area contributed by atoms with Crippen LogP contribution in [0, 0.1) is 17.0 Å². The Morgan fingerprint density at radius 3 is 2.83 bits per heavy atom. The Hall–Kier alpha value is -0.680. The Balaban J connectivity index is 3.33. The number of hydrogen-bond acceptors (Lipinski definition) is 3. The van der Waals surface area contributed by atoms with E-state index in [1.54, 1.807) is 6.92 Å². The summed E-state index contributed by atoms with van der Waals surface area (Å²) in [5, 5.41) is 10.4. The monoisotopic (exact) mass is 250 g/mol. The molecule has 6 heteroatoms. The number of hydrogen-bond donors (Lipinski definition) is 0. The van der Waals surface area contributed by atoms with Crippen molar-refractivity contribution in [2.24, 2.45) is 0 Å². The van der Waals surface area contributed by atoms with Crippen LogP contribution >= 0.6 is 27.5 Å². The quantitative estimate of drug-likeness (QED) is 0.438. The number of pyridine rings is 1. The van der Waals surface area contributed by atoms with Crippen molar-refractivity contribution in [2.75, 3.05) is 0 Å². The summed E-state index contributed by atoms with van der Waals surface area (Å²) in [6, 6.07) is 1.50. The molecule has 12 heavy (non-hydrogen) atoms. The number of aryl methyl sites for hydroxylation is 1. The summed E-state index contributed by atoms with van der Waals surface area (Å²) < 4.78 is 0.443. The van der Waals surface area contributed by atoms with Gasteiger partial charge in [-0.25, -0.2) is 0 Å². The van der Waals surface area contributed by atoms with Crippen LogP contribution in [0.25, 0.3) is 0 Å². The predicted octanol–water partition coefficient (Wildman–Crippen LogP) is 2.71. The lowest BCUT2D eigenvalue weighted by Gasteiger charge is -1.96. The molecule has 0 aromatic carbocycles. The van der Waals surface area contributed by atoms with Gasteiger partial charge in [-0.3, -0.25) is 0 Å². The molecule has 0 aliphatic rings. The van der Waals surface area contributed by atoms with Gasteiger partial charge in [0.05, 0.1) is 0 Å². The lowest BCUT2D eigenvalue weighted by molar-refractivity contribution is -0.389. The topological polar surface area (TPSA) is 56.0 Å². The summed E-state index contributed by atoms with van der Waals surface area (Å²) in [4.78, 5) is 13.4. The van der Waals surface area contributed by atoms with Gasteiger partial charge < -0.3 is 10.1 Å². The molecule has 0 fully saturated rings. The van der Waals surface area contributed by atoms with E-state index in [1.165, 1.54) is 6.07 Å². The summed E-state index contributed by atoms with van der Waals surface area (Å²) >= 11 is 8.65. The van der Waals surface area contributed by atoms with Crippen molar-refractivity contribution in [3.8, 4) is 0 Å². The second-order valence-corrected chi connectivity index (χ2v) is 3.32. The second kappa shape index (κ2) is 3.37. The Morgan fingerprint density at radius 1 is 1.75 bits per heavy atom. The normalized spacial score (nSPS) is 9.92.